The zero-order chi connectivity index (χ0) is 19.8. The molecule has 2 amide bonds. The number of rotatable bonds is 7. The molecule has 3 rings (SSSR count). The number of benzene rings is 3. The second-order valence-electron chi connectivity index (χ2n) is 6.43. The molecule has 28 heavy (non-hydrogen) atoms. The summed E-state index contributed by atoms with van der Waals surface area (Å²) in [5.74, 6) is -0.928. The van der Waals surface area contributed by atoms with Gasteiger partial charge in [-0.2, -0.15) is 0 Å². The highest BCUT2D eigenvalue weighted by Crippen LogP contribution is 2.07. The molecule has 0 bridgehead atoms. The van der Waals surface area contributed by atoms with Gasteiger partial charge < -0.3 is 10.6 Å². The first-order chi connectivity index (χ1) is 13.6. The van der Waals surface area contributed by atoms with Crippen molar-refractivity contribution >= 4 is 11.8 Å². The molecule has 4 nitrogen and oxygen atoms in total. The van der Waals surface area contributed by atoms with Crippen molar-refractivity contribution in [1.82, 2.24) is 10.6 Å². The Morgan fingerprint density at radius 1 is 0.786 bits per heavy atom. The molecule has 142 valence electrons. The van der Waals surface area contributed by atoms with E-state index in [9.17, 15) is 14.0 Å². The van der Waals surface area contributed by atoms with E-state index in [1.165, 1.54) is 12.1 Å². The van der Waals surface area contributed by atoms with Gasteiger partial charge in [0.25, 0.3) is 5.91 Å². The van der Waals surface area contributed by atoms with Crippen molar-refractivity contribution in [2.24, 2.45) is 0 Å². The SMILES string of the molecule is O=C(N[C@H](Cc1ccccc1)C(=O)NCc1ccc(F)cc1)c1ccccc1. The number of hydrogen-bond donors (Lipinski definition) is 2. The van der Waals surface area contributed by atoms with Gasteiger partial charge in [0.1, 0.15) is 11.9 Å². The summed E-state index contributed by atoms with van der Waals surface area (Å²) in [7, 11) is 0. The lowest BCUT2D eigenvalue weighted by Crippen LogP contribution is -2.47. The van der Waals surface area contributed by atoms with Crippen LogP contribution in [0.3, 0.4) is 0 Å². The maximum absolute atomic E-state index is 13.0. The van der Waals surface area contributed by atoms with Crippen LogP contribution in [-0.2, 0) is 17.8 Å². The fourth-order valence-corrected chi connectivity index (χ4v) is 2.80. The van der Waals surface area contributed by atoms with Gasteiger partial charge in [-0.25, -0.2) is 4.39 Å². The highest BCUT2D eigenvalue weighted by atomic mass is 19.1. The molecule has 3 aromatic carbocycles. The van der Waals surface area contributed by atoms with Crippen molar-refractivity contribution in [3.8, 4) is 0 Å². The van der Waals surface area contributed by atoms with Crippen LogP contribution in [0, 0.1) is 5.82 Å². The highest BCUT2D eigenvalue weighted by Gasteiger charge is 2.21. The summed E-state index contributed by atoms with van der Waals surface area (Å²) >= 11 is 0. The van der Waals surface area contributed by atoms with Crippen LogP contribution >= 0.6 is 0 Å². The number of carbonyl (C=O) groups is 2. The normalized spacial score (nSPS) is 11.5. The maximum Gasteiger partial charge on any atom is 0.251 e. The topological polar surface area (TPSA) is 58.2 Å². The first kappa shape index (κ1) is 19.3. The Balaban J connectivity index is 1.70. The average Bonchev–Trinajstić information content (AvgIpc) is 2.74. The molecular formula is C23H21FN2O2. The minimum absolute atomic E-state index is 0.256. The fraction of sp³-hybridized carbons (Fsp3) is 0.130. The summed E-state index contributed by atoms with van der Waals surface area (Å²) in [6.07, 6.45) is 0.370. The number of halogens is 1. The van der Waals surface area contributed by atoms with Crippen molar-refractivity contribution in [3.63, 3.8) is 0 Å². The summed E-state index contributed by atoms with van der Waals surface area (Å²) in [6, 6.07) is 23.5. The van der Waals surface area contributed by atoms with Crippen LogP contribution in [0.1, 0.15) is 21.5 Å². The zero-order valence-electron chi connectivity index (χ0n) is 15.3. The molecule has 0 aliphatic heterocycles. The summed E-state index contributed by atoms with van der Waals surface area (Å²) in [6.45, 7) is 0.256. The van der Waals surface area contributed by atoms with Gasteiger partial charge in [0.15, 0.2) is 0 Å². The Labute approximate surface area is 163 Å². The van der Waals surface area contributed by atoms with E-state index in [4.69, 9.17) is 0 Å². The van der Waals surface area contributed by atoms with Crippen LogP contribution < -0.4 is 10.6 Å². The molecule has 0 radical (unpaired) electrons. The minimum Gasteiger partial charge on any atom is -0.350 e. The number of carbonyl (C=O) groups excluding carboxylic acids is 2. The van der Waals surface area contributed by atoms with Gasteiger partial charge in [-0.1, -0.05) is 60.7 Å². The van der Waals surface area contributed by atoms with E-state index in [2.05, 4.69) is 10.6 Å². The van der Waals surface area contributed by atoms with Crippen molar-refractivity contribution in [2.45, 2.75) is 19.0 Å². The molecule has 0 aliphatic carbocycles. The van der Waals surface area contributed by atoms with Gasteiger partial charge in [-0.3, -0.25) is 9.59 Å². The van der Waals surface area contributed by atoms with Crippen molar-refractivity contribution in [1.29, 1.82) is 0 Å². The summed E-state index contributed by atoms with van der Waals surface area (Å²) in [4.78, 5) is 25.3. The van der Waals surface area contributed by atoms with Gasteiger partial charge in [-0.05, 0) is 35.4 Å². The van der Waals surface area contributed by atoms with Gasteiger partial charge >= 0.3 is 0 Å². The molecule has 0 saturated carbocycles. The monoisotopic (exact) mass is 376 g/mol. The lowest BCUT2D eigenvalue weighted by Gasteiger charge is -2.19. The Bertz CT molecular complexity index is 912. The smallest absolute Gasteiger partial charge is 0.251 e. The summed E-state index contributed by atoms with van der Waals surface area (Å²) in [5.41, 5.74) is 2.22. The molecule has 0 spiro atoms. The van der Waals surface area contributed by atoms with E-state index in [0.717, 1.165) is 11.1 Å². The quantitative estimate of drug-likeness (QED) is 0.663. The van der Waals surface area contributed by atoms with Crippen molar-refractivity contribution in [2.75, 3.05) is 0 Å². The third-order valence-corrected chi connectivity index (χ3v) is 4.32. The van der Waals surface area contributed by atoms with Crippen LogP contribution in [0.15, 0.2) is 84.9 Å². The van der Waals surface area contributed by atoms with E-state index in [1.54, 1.807) is 36.4 Å². The average molecular weight is 376 g/mol. The van der Waals surface area contributed by atoms with E-state index >= 15 is 0 Å². The van der Waals surface area contributed by atoms with Crippen LogP contribution in [0.2, 0.25) is 0 Å². The lowest BCUT2D eigenvalue weighted by molar-refractivity contribution is -0.123. The van der Waals surface area contributed by atoms with Gasteiger partial charge in [-0.15, -0.1) is 0 Å². The molecule has 0 saturated heterocycles. The molecule has 0 aromatic heterocycles. The van der Waals surface area contributed by atoms with Crippen LogP contribution in [-0.4, -0.2) is 17.9 Å². The molecule has 0 heterocycles. The van der Waals surface area contributed by atoms with E-state index in [0.29, 0.717) is 12.0 Å². The molecular weight excluding hydrogens is 355 g/mol. The standard InChI is InChI=1S/C23H21FN2O2/c24-20-13-11-18(12-14-20)16-25-23(28)21(15-17-7-3-1-4-8-17)26-22(27)19-9-5-2-6-10-19/h1-14,21H,15-16H2,(H,25,28)(H,26,27)/t21-/m1/s1. The highest BCUT2D eigenvalue weighted by molar-refractivity contribution is 5.97. The van der Waals surface area contributed by atoms with E-state index < -0.39 is 6.04 Å². The number of nitrogens with one attached hydrogen (secondary N) is 2. The van der Waals surface area contributed by atoms with Crippen LogP contribution in [0.5, 0.6) is 0 Å². The Morgan fingerprint density at radius 2 is 1.39 bits per heavy atom. The third kappa shape index (κ3) is 5.51. The third-order valence-electron chi connectivity index (χ3n) is 4.32. The molecule has 0 aliphatic rings. The van der Waals surface area contributed by atoms with Crippen molar-refractivity contribution < 1.29 is 14.0 Å². The minimum atomic E-state index is -0.726. The Kier molecular flexibility index (Phi) is 6.52. The Hall–Kier alpha value is -3.47. The first-order valence-electron chi connectivity index (χ1n) is 9.04. The molecule has 1 atom stereocenters. The molecule has 0 fully saturated rings. The lowest BCUT2D eigenvalue weighted by atomic mass is 10.0. The van der Waals surface area contributed by atoms with Crippen LogP contribution in [0.25, 0.3) is 0 Å². The van der Waals surface area contributed by atoms with Crippen LogP contribution in [0.4, 0.5) is 4.39 Å². The zero-order valence-corrected chi connectivity index (χ0v) is 15.3. The van der Waals surface area contributed by atoms with Gasteiger partial charge in [0.05, 0.1) is 0 Å². The summed E-state index contributed by atoms with van der Waals surface area (Å²) < 4.78 is 13.0. The molecule has 0 unspecified atom stereocenters. The van der Waals surface area contributed by atoms with Gasteiger partial charge in [0.2, 0.25) is 5.91 Å². The second-order valence-corrected chi connectivity index (χ2v) is 6.43. The van der Waals surface area contributed by atoms with E-state index in [1.807, 2.05) is 36.4 Å². The fourth-order valence-electron chi connectivity index (χ4n) is 2.80. The predicted molar refractivity (Wildman–Crippen MR) is 106 cm³/mol. The largest absolute Gasteiger partial charge is 0.350 e. The Morgan fingerprint density at radius 3 is 2.04 bits per heavy atom. The molecule has 3 aromatic rings. The predicted octanol–water partition coefficient (Wildman–Crippen LogP) is 3.48. The van der Waals surface area contributed by atoms with Crippen molar-refractivity contribution in [3.05, 3.63) is 107 Å². The first-order valence-corrected chi connectivity index (χ1v) is 9.04. The number of amides is 2. The maximum atomic E-state index is 13.0. The molecule has 5 heteroatoms. The molecule has 2 N–H and O–H groups in total. The number of hydrogen-bond acceptors (Lipinski definition) is 2. The second kappa shape index (κ2) is 9.46. The van der Waals surface area contributed by atoms with E-state index in [-0.39, 0.29) is 24.2 Å². The summed E-state index contributed by atoms with van der Waals surface area (Å²) in [5, 5.41) is 5.64. The van der Waals surface area contributed by atoms with Gasteiger partial charge in [0, 0.05) is 18.5 Å².